The standard InChI is InChI=1S/C23H34N4OS3/c1-24-5-3-7-26(11-9-24)16-19-13-18(21-15-22(29)31-30-21)14-20(23(19)28)17-27-8-4-6-25(2)10-12-27/h13-15,28H,3-12,16-17H2,1-2H3. The molecule has 170 valence electrons. The zero-order chi connectivity index (χ0) is 21.8. The summed E-state index contributed by atoms with van der Waals surface area (Å²) in [5, 5.41) is 11.3. The van der Waals surface area contributed by atoms with E-state index in [1.165, 1.54) is 23.3 Å². The van der Waals surface area contributed by atoms with Crippen molar-refractivity contribution in [2.45, 2.75) is 25.9 Å². The molecule has 2 saturated heterocycles. The number of phenols is 1. The van der Waals surface area contributed by atoms with Gasteiger partial charge in [-0.1, -0.05) is 32.9 Å². The molecule has 0 spiro atoms. The molecule has 2 aromatic rings. The third-order valence-electron chi connectivity index (χ3n) is 6.43. The van der Waals surface area contributed by atoms with Crippen LogP contribution >= 0.6 is 32.9 Å². The maximum atomic E-state index is 11.3. The summed E-state index contributed by atoms with van der Waals surface area (Å²) >= 11 is 5.39. The van der Waals surface area contributed by atoms with Crippen molar-refractivity contribution >= 4 is 32.9 Å². The molecule has 1 aromatic carbocycles. The molecule has 0 unspecified atom stereocenters. The summed E-state index contributed by atoms with van der Waals surface area (Å²) in [6.07, 6.45) is 2.36. The van der Waals surface area contributed by atoms with Crippen LogP contribution in [0.1, 0.15) is 24.0 Å². The second-order valence-electron chi connectivity index (χ2n) is 9.00. The second-order valence-corrected chi connectivity index (χ2v) is 11.9. The Bertz CT molecular complexity index is 881. The van der Waals surface area contributed by atoms with Gasteiger partial charge in [-0.05, 0) is 76.9 Å². The van der Waals surface area contributed by atoms with E-state index in [9.17, 15) is 5.11 Å². The van der Waals surface area contributed by atoms with E-state index in [-0.39, 0.29) is 0 Å². The van der Waals surface area contributed by atoms with E-state index in [0.29, 0.717) is 5.75 Å². The molecule has 3 heterocycles. The van der Waals surface area contributed by atoms with Gasteiger partial charge in [0.15, 0.2) is 0 Å². The maximum absolute atomic E-state index is 11.3. The van der Waals surface area contributed by atoms with Crippen molar-refractivity contribution in [2.75, 3.05) is 66.5 Å². The molecule has 2 fully saturated rings. The Morgan fingerprint density at radius 3 is 1.81 bits per heavy atom. The Morgan fingerprint density at radius 1 is 0.774 bits per heavy atom. The lowest BCUT2D eigenvalue weighted by Crippen LogP contribution is -2.29. The Balaban J connectivity index is 1.61. The van der Waals surface area contributed by atoms with Crippen molar-refractivity contribution in [3.63, 3.8) is 0 Å². The minimum Gasteiger partial charge on any atom is -0.507 e. The molecule has 2 aliphatic rings. The van der Waals surface area contributed by atoms with E-state index in [4.69, 9.17) is 12.2 Å². The number of aromatic hydroxyl groups is 1. The van der Waals surface area contributed by atoms with E-state index in [1.54, 1.807) is 20.7 Å². The highest BCUT2D eigenvalue weighted by Crippen LogP contribution is 2.36. The normalized spacial score (nSPS) is 20.6. The van der Waals surface area contributed by atoms with Gasteiger partial charge in [0.25, 0.3) is 0 Å². The quantitative estimate of drug-likeness (QED) is 0.513. The summed E-state index contributed by atoms with van der Waals surface area (Å²) in [7, 11) is 7.79. The Kier molecular flexibility index (Phi) is 8.14. The van der Waals surface area contributed by atoms with Crippen LogP contribution in [0, 0.1) is 3.82 Å². The molecule has 2 aliphatic heterocycles. The average molecular weight is 479 g/mol. The van der Waals surface area contributed by atoms with Crippen molar-refractivity contribution in [2.24, 2.45) is 0 Å². The summed E-state index contributed by atoms with van der Waals surface area (Å²) in [5.41, 5.74) is 3.29. The van der Waals surface area contributed by atoms with Gasteiger partial charge in [0, 0.05) is 55.3 Å². The largest absolute Gasteiger partial charge is 0.507 e. The van der Waals surface area contributed by atoms with Crippen LogP contribution in [0.4, 0.5) is 0 Å². The zero-order valence-corrected chi connectivity index (χ0v) is 21.1. The monoisotopic (exact) mass is 478 g/mol. The number of likely N-dealkylation sites (N-methyl/N-ethyl adjacent to an activating group) is 2. The van der Waals surface area contributed by atoms with E-state index < -0.39 is 0 Å². The van der Waals surface area contributed by atoms with Crippen LogP contribution in [0.15, 0.2) is 18.2 Å². The fraction of sp³-hybridized carbons (Fsp3) is 0.609. The van der Waals surface area contributed by atoms with Crippen LogP contribution < -0.4 is 0 Å². The Morgan fingerprint density at radius 2 is 1.32 bits per heavy atom. The van der Waals surface area contributed by atoms with E-state index in [1.807, 2.05) is 0 Å². The molecule has 0 radical (unpaired) electrons. The molecule has 1 aromatic heterocycles. The first-order chi connectivity index (χ1) is 15.0. The number of nitrogens with zero attached hydrogens (tertiary/aromatic N) is 4. The molecular formula is C23H34N4OS3. The number of phenolic OH excluding ortho intramolecular Hbond substituents is 1. The summed E-state index contributed by atoms with van der Waals surface area (Å²) in [5.74, 6) is 0.484. The predicted octanol–water partition coefficient (Wildman–Crippen LogP) is 4.19. The van der Waals surface area contributed by atoms with E-state index in [0.717, 1.165) is 80.4 Å². The Labute approximate surface area is 198 Å². The lowest BCUT2D eigenvalue weighted by atomic mass is 10.0. The number of rotatable bonds is 5. The van der Waals surface area contributed by atoms with E-state index >= 15 is 0 Å². The third-order valence-corrected chi connectivity index (χ3v) is 9.34. The van der Waals surface area contributed by atoms with Crippen molar-refractivity contribution in [1.29, 1.82) is 0 Å². The van der Waals surface area contributed by atoms with Gasteiger partial charge in [-0.2, -0.15) is 0 Å². The minimum atomic E-state index is 0.484. The van der Waals surface area contributed by atoms with Crippen LogP contribution in [0.3, 0.4) is 0 Å². The molecule has 1 N–H and O–H groups in total. The highest BCUT2D eigenvalue weighted by Gasteiger charge is 2.20. The molecule has 0 saturated carbocycles. The maximum Gasteiger partial charge on any atom is 0.124 e. The van der Waals surface area contributed by atoms with Crippen LogP contribution in [0.5, 0.6) is 5.75 Å². The molecular weight excluding hydrogens is 444 g/mol. The lowest BCUT2D eigenvalue weighted by molar-refractivity contribution is 0.259. The Hall–Kier alpha value is -0.870. The van der Waals surface area contributed by atoms with Crippen molar-refractivity contribution in [3.8, 4) is 16.2 Å². The summed E-state index contributed by atoms with van der Waals surface area (Å²) < 4.78 is 0.933. The molecule has 0 aliphatic carbocycles. The molecule has 0 amide bonds. The van der Waals surface area contributed by atoms with E-state index in [2.05, 4.69) is 51.9 Å². The molecule has 31 heavy (non-hydrogen) atoms. The van der Waals surface area contributed by atoms with Gasteiger partial charge >= 0.3 is 0 Å². The van der Waals surface area contributed by atoms with Gasteiger partial charge in [-0.15, -0.1) is 0 Å². The number of benzene rings is 1. The van der Waals surface area contributed by atoms with Gasteiger partial charge < -0.3 is 14.9 Å². The fourth-order valence-corrected chi connectivity index (χ4v) is 6.90. The first kappa shape index (κ1) is 23.3. The van der Waals surface area contributed by atoms with Crippen LogP contribution in [-0.4, -0.2) is 91.2 Å². The number of hydrogen-bond donors (Lipinski definition) is 1. The molecule has 8 heteroatoms. The van der Waals surface area contributed by atoms with Gasteiger partial charge in [-0.25, -0.2) is 0 Å². The van der Waals surface area contributed by atoms with Crippen molar-refractivity contribution < 1.29 is 5.11 Å². The van der Waals surface area contributed by atoms with Crippen molar-refractivity contribution in [1.82, 2.24) is 19.6 Å². The highest BCUT2D eigenvalue weighted by molar-refractivity contribution is 7.80. The predicted molar refractivity (Wildman–Crippen MR) is 135 cm³/mol. The SMILES string of the molecule is CN1CCCN(Cc2cc(-c3cc(=S)ss3)cc(CN3CCCN(C)CC3)c2O)CC1. The summed E-state index contributed by atoms with van der Waals surface area (Å²) in [6.45, 7) is 10.3. The molecule has 4 rings (SSSR count). The first-order valence-electron chi connectivity index (χ1n) is 11.2. The fourth-order valence-electron chi connectivity index (χ4n) is 4.51. The molecule has 5 nitrogen and oxygen atoms in total. The topological polar surface area (TPSA) is 33.2 Å². The average Bonchev–Trinajstić information content (AvgIpc) is 2.93. The lowest BCUT2D eigenvalue weighted by Gasteiger charge is -2.24. The van der Waals surface area contributed by atoms with Gasteiger partial charge in [0.2, 0.25) is 0 Å². The van der Waals surface area contributed by atoms with Crippen LogP contribution in [0.2, 0.25) is 0 Å². The molecule has 0 bridgehead atoms. The van der Waals surface area contributed by atoms with Crippen LogP contribution in [-0.2, 0) is 13.1 Å². The first-order valence-corrected chi connectivity index (χ1v) is 13.8. The number of hydrogen-bond acceptors (Lipinski definition) is 8. The molecule has 0 atom stereocenters. The van der Waals surface area contributed by atoms with Crippen molar-refractivity contribution in [3.05, 3.63) is 33.1 Å². The van der Waals surface area contributed by atoms with Gasteiger partial charge in [-0.3, -0.25) is 9.80 Å². The summed E-state index contributed by atoms with van der Waals surface area (Å²) in [4.78, 5) is 11.0. The smallest absolute Gasteiger partial charge is 0.124 e. The van der Waals surface area contributed by atoms with Gasteiger partial charge in [0.05, 0.1) is 0 Å². The highest BCUT2D eigenvalue weighted by atomic mass is 32.9. The van der Waals surface area contributed by atoms with Gasteiger partial charge in [0.1, 0.15) is 9.57 Å². The third kappa shape index (κ3) is 6.35. The van der Waals surface area contributed by atoms with Crippen LogP contribution in [0.25, 0.3) is 10.4 Å². The second kappa shape index (κ2) is 10.8. The summed E-state index contributed by atoms with van der Waals surface area (Å²) in [6, 6.07) is 6.49. The minimum absolute atomic E-state index is 0.484. The zero-order valence-electron chi connectivity index (χ0n) is 18.7.